The van der Waals surface area contributed by atoms with Gasteiger partial charge < -0.3 is 4.74 Å². The maximum Gasteiger partial charge on any atom is 0.173 e. The second-order valence-electron chi connectivity index (χ2n) is 4.96. The van der Waals surface area contributed by atoms with Gasteiger partial charge in [0.05, 0.1) is 11.6 Å². The van der Waals surface area contributed by atoms with Crippen molar-refractivity contribution < 1.29 is 9.53 Å². The van der Waals surface area contributed by atoms with E-state index in [9.17, 15) is 4.79 Å². The van der Waals surface area contributed by atoms with Crippen LogP contribution in [0.5, 0.6) is 5.75 Å². The number of ketones is 1. The summed E-state index contributed by atoms with van der Waals surface area (Å²) in [5.74, 6) is 1.78. The van der Waals surface area contributed by atoms with Crippen molar-refractivity contribution in [2.75, 3.05) is 7.11 Å². The minimum absolute atomic E-state index is 0. The first-order valence-corrected chi connectivity index (χ1v) is 7.10. The van der Waals surface area contributed by atoms with E-state index in [1.807, 2.05) is 24.3 Å². The van der Waals surface area contributed by atoms with E-state index in [1.54, 1.807) is 7.11 Å². The molecule has 19 heavy (non-hydrogen) atoms. The monoisotopic (exact) mass is 322 g/mol. The van der Waals surface area contributed by atoms with Crippen LogP contribution in [0.25, 0.3) is 5.57 Å². The molecule has 0 aliphatic heterocycles. The molecular formula is C16H19BrO2. The SMILES string of the molecule is C.COc1ccc(C2=C(Br)C(=O)C3CCCC23)cc1. The number of methoxy groups -OCH3 is 1. The van der Waals surface area contributed by atoms with Crippen LogP contribution in [0.4, 0.5) is 0 Å². The standard InChI is InChI=1S/C15H15BrO2.CH4/c1-18-10-7-5-9(6-8-10)13-11-3-2-4-12(11)15(17)14(13)16;/h5-8,11-12H,2-4H2,1H3;1H4. The third-order valence-electron chi connectivity index (χ3n) is 4.08. The van der Waals surface area contributed by atoms with Gasteiger partial charge >= 0.3 is 0 Å². The predicted octanol–water partition coefficient (Wildman–Crippen LogP) is 4.44. The summed E-state index contributed by atoms with van der Waals surface area (Å²) in [5.41, 5.74) is 2.34. The molecule has 0 N–H and O–H groups in total. The van der Waals surface area contributed by atoms with Gasteiger partial charge in [-0.25, -0.2) is 0 Å². The zero-order chi connectivity index (χ0) is 12.7. The minimum atomic E-state index is 0. The third kappa shape index (κ3) is 2.25. The van der Waals surface area contributed by atoms with Crippen molar-refractivity contribution in [1.82, 2.24) is 0 Å². The average Bonchev–Trinajstić information content (AvgIpc) is 2.95. The molecule has 2 unspecified atom stereocenters. The molecule has 2 aliphatic rings. The molecular weight excluding hydrogens is 304 g/mol. The van der Waals surface area contributed by atoms with Crippen LogP contribution in [-0.4, -0.2) is 12.9 Å². The Kier molecular flexibility index (Phi) is 4.14. The first-order valence-electron chi connectivity index (χ1n) is 6.30. The molecule has 0 spiro atoms. The molecule has 0 bridgehead atoms. The van der Waals surface area contributed by atoms with Crippen LogP contribution < -0.4 is 4.74 Å². The van der Waals surface area contributed by atoms with Crippen LogP contribution in [0, 0.1) is 11.8 Å². The largest absolute Gasteiger partial charge is 0.497 e. The number of ether oxygens (including phenoxy) is 1. The molecule has 1 aromatic carbocycles. The fourth-order valence-electron chi connectivity index (χ4n) is 3.19. The lowest BCUT2D eigenvalue weighted by molar-refractivity contribution is -0.118. The lowest BCUT2D eigenvalue weighted by atomic mass is 9.90. The number of Topliss-reactive ketones (excluding diaryl/α,β-unsaturated/α-hetero) is 1. The Morgan fingerprint density at radius 3 is 2.42 bits per heavy atom. The Balaban J connectivity index is 0.00000133. The quantitative estimate of drug-likeness (QED) is 0.804. The lowest BCUT2D eigenvalue weighted by Crippen LogP contribution is -2.10. The Bertz CT molecular complexity index is 516. The van der Waals surface area contributed by atoms with Gasteiger partial charge in [-0.3, -0.25) is 4.79 Å². The maximum absolute atomic E-state index is 12.2. The van der Waals surface area contributed by atoms with Gasteiger partial charge in [-0.2, -0.15) is 0 Å². The number of carbonyl (C=O) groups excluding carboxylic acids is 1. The maximum atomic E-state index is 12.2. The molecule has 0 radical (unpaired) electrons. The number of fused-ring (bicyclic) bond motifs is 1. The van der Waals surface area contributed by atoms with Gasteiger partial charge in [-0.05, 0) is 58.0 Å². The van der Waals surface area contributed by atoms with Gasteiger partial charge in [0.25, 0.3) is 0 Å². The van der Waals surface area contributed by atoms with E-state index in [2.05, 4.69) is 15.9 Å². The lowest BCUT2D eigenvalue weighted by Gasteiger charge is -2.13. The van der Waals surface area contributed by atoms with Crippen LogP contribution >= 0.6 is 15.9 Å². The van der Waals surface area contributed by atoms with E-state index in [0.29, 0.717) is 11.7 Å². The van der Waals surface area contributed by atoms with Gasteiger partial charge in [0.2, 0.25) is 0 Å². The summed E-state index contributed by atoms with van der Waals surface area (Å²) >= 11 is 3.50. The summed E-state index contributed by atoms with van der Waals surface area (Å²) in [6, 6.07) is 8.00. The molecule has 102 valence electrons. The highest BCUT2D eigenvalue weighted by molar-refractivity contribution is 9.12. The molecule has 0 amide bonds. The molecule has 0 aromatic heterocycles. The number of rotatable bonds is 2. The Hall–Kier alpha value is -1.09. The first-order chi connectivity index (χ1) is 8.72. The average molecular weight is 323 g/mol. The van der Waals surface area contributed by atoms with Crippen molar-refractivity contribution in [3.8, 4) is 5.75 Å². The second-order valence-corrected chi connectivity index (χ2v) is 5.76. The Morgan fingerprint density at radius 2 is 1.79 bits per heavy atom. The first kappa shape index (κ1) is 14.3. The summed E-state index contributed by atoms with van der Waals surface area (Å²) in [6.45, 7) is 0. The molecule has 3 heteroatoms. The van der Waals surface area contributed by atoms with Crippen LogP contribution in [0.15, 0.2) is 28.7 Å². The summed E-state index contributed by atoms with van der Waals surface area (Å²) in [6.07, 6.45) is 3.34. The van der Waals surface area contributed by atoms with Gasteiger partial charge in [0, 0.05) is 5.92 Å². The van der Waals surface area contributed by atoms with Crippen molar-refractivity contribution in [1.29, 1.82) is 0 Å². The van der Waals surface area contributed by atoms with Crippen LogP contribution in [0.1, 0.15) is 32.3 Å². The van der Waals surface area contributed by atoms with Gasteiger partial charge in [-0.15, -0.1) is 0 Å². The number of benzene rings is 1. The zero-order valence-electron chi connectivity index (χ0n) is 10.3. The molecule has 1 saturated carbocycles. The summed E-state index contributed by atoms with van der Waals surface area (Å²) in [7, 11) is 1.66. The van der Waals surface area contributed by atoms with Gasteiger partial charge in [0.1, 0.15) is 5.75 Å². The van der Waals surface area contributed by atoms with Crippen molar-refractivity contribution in [3.63, 3.8) is 0 Å². The topological polar surface area (TPSA) is 26.3 Å². The van der Waals surface area contributed by atoms with E-state index < -0.39 is 0 Å². The smallest absolute Gasteiger partial charge is 0.173 e. The Labute approximate surface area is 123 Å². The van der Waals surface area contributed by atoms with E-state index in [4.69, 9.17) is 4.74 Å². The van der Waals surface area contributed by atoms with Gasteiger partial charge in [0.15, 0.2) is 5.78 Å². The number of carbonyl (C=O) groups is 1. The highest BCUT2D eigenvalue weighted by atomic mass is 79.9. The highest BCUT2D eigenvalue weighted by Crippen LogP contribution is 2.51. The van der Waals surface area contributed by atoms with E-state index in [1.165, 1.54) is 12.0 Å². The highest BCUT2D eigenvalue weighted by Gasteiger charge is 2.43. The molecule has 3 rings (SSSR count). The number of hydrogen-bond acceptors (Lipinski definition) is 2. The molecule has 0 heterocycles. The molecule has 2 nitrogen and oxygen atoms in total. The summed E-state index contributed by atoms with van der Waals surface area (Å²) in [5, 5.41) is 0. The van der Waals surface area contributed by atoms with E-state index in [0.717, 1.165) is 28.6 Å². The van der Waals surface area contributed by atoms with E-state index in [-0.39, 0.29) is 13.3 Å². The molecule has 2 atom stereocenters. The molecule has 1 fully saturated rings. The van der Waals surface area contributed by atoms with Crippen molar-refractivity contribution in [2.45, 2.75) is 26.7 Å². The normalized spacial score (nSPS) is 25.3. The third-order valence-corrected chi connectivity index (χ3v) is 4.90. The molecule has 1 aromatic rings. The number of allylic oxidation sites excluding steroid dienone is 2. The van der Waals surface area contributed by atoms with Gasteiger partial charge in [-0.1, -0.05) is 26.0 Å². The summed E-state index contributed by atoms with van der Waals surface area (Å²) < 4.78 is 5.97. The Morgan fingerprint density at radius 1 is 1.16 bits per heavy atom. The van der Waals surface area contributed by atoms with Crippen LogP contribution in [-0.2, 0) is 4.79 Å². The summed E-state index contributed by atoms with van der Waals surface area (Å²) in [4.78, 5) is 12.2. The zero-order valence-corrected chi connectivity index (χ0v) is 11.9. The number of halogens is 1. The van der Waals surface area contributed by atoms with Crippen LogP contribution in [0.3, 0.4) is 0 Å². The van der Waals surface area contributed by atoms with Crippen LogP contribution in [0.2, 0.25) is 0 Å². The van der Waals surface area contributed by atoms with Crippen molar-refractivity contribution >= 4 is 27.3 Å². The second kappa shape index (κ2) is 5.49. The fourth-order valence-corrected chi connectivity index (χ4v) is 4.01. The number of hydrogen-bond donors (Lipinski definition) is 0. The molecule has 0 saturated heterocycles. The molecule has 2 aliphatic carbocycles. The van der Waals surface area contributed by atoms with Crippen molar-refractivity contribution in [2.24, 2.45) is 11.8 Å². The minimum Gasteiger partial charge on any atom is -0.497 e. The van der Waals surface area contributed by atoms with Crippen molar-refractivity contribution in [3.05, 3.63) is 34.3 Å². The van der Waals surface area contributed by atoms with E-state index >= 15 is 0 Å². The fraction of sp³-hybridized carbons (Fsp3) is 0.438. The predicted molar refractivity (Wildman–Crippen MR) is 81.4 cm³/mol.